The number of pyridine rings is 1. The quantitative estimate of drug-likeness (QED) is 0.0595. The number of aromatic nitrogens is 1. The van der Waals surface area contributed by atoms with E-state index in [9.17, 15) is 24.0 Å². The Morgan fingerprint density at radius 1 is 0.661 bits per heavy atom. The molecular weight excluding hydrogens is 797 g/mol. The van der Waals surface area contributed by atoms with E-state index in [2.05, 4.69) is 10.3 Å². The molecule has 4 aromatic carbocycles. The number of nitrogens with one attached hydrogen (secondary N) is 1. The van der Waals surface area contributed by atoms with Gasteiger partial charge in [0.25, 0.3) is 17.7 Å². The Morgan fingerprint density at radius 2 is 1.35 bits per heavy atom. The third kappa shape index (κ3) is 9.34. The van der Waals surface area contributed by atoms with Crippen molar-refractivity contribution in [2.45, 2.75) is 13.5 Å². The first kappa shape index (κ1) is 41.8. The summed E-state index contributed by atoms with van der Waals surface area (Å²) >= 11 is 0. The van der Waals surface area contributed by atoms with Crippen molar-refractivity contribution in [3.63, 3.8) is 0 Å². The number of ether oxygens (including phenoxy) is 4. The lowest BCUT2D eigenvalue weighted by Gasteiger charge is -2.34. The van der Waals surface area contributed by atoms with Crippen LogP contribution in [0.3, 0.4) is 0 Å². The molecule has 1 aliphatic heterocycles. The number of methoxy groups -OCH3 is 1. The molecule has 3 aromatic heterocycles. The van der Waals surface area contributed by atoms with E-state index >= 15 is 0 Å². The number of nitrogens with zero attached hydrogens (tertiary/aromatic N) is 3. The number of carbonyl (C=O) groups excluding carboxylic acids is 3. The van der Waals surface area contributed by atoms with Crippen LogP contribution in [0.15, 0.2) is 110 Å². The third-order valence-corrected chi connectivity index (χ3v) is 10.7. The normalized spacial score (nSPS) is 13.0. The number of piperazine rings is 1. The minimum atomic E-state index is -0.747. The Hall–Kier alpha value is -6.94. The fourth-order valence-corrected chi connectivity index (χ4v) is 7.34. The number of hydrogen-bond acceptors (Lipinski definition) is 12. The Labute approximate surface area is 354 Å². The van der Waals surface area contributed by atoms with Crippen LogP contribution in [-0.2, 0) is 20.8 Å². The molecule has 3 amide bonds. The second-order valence-corrected chi connectivity index (χ2v) is 14.9. The van der Waals surface area contributed by atoms with Crippen molar-refractivity contribution in [3.05, 3.63) is 140 Å². The summed E-state index contributed by atoms with van der Waals surface area (Å²) in [6, 6.07) is 25.1. The van der Waals surface area contributed by atoms with Gasteiger partial charge in [-0.2, -0.15) is 0 Å². The summed E-state index contributed by atoms with van der Waals surface area (Å²) in [7, 11) is 1.62. The zero-order valence-electron chi connectivity index (χ0n) is 34.3. The summed E-state index contributed by atoms with van der Waals surface area (Å²) in [4.78, 5) is 73.4. The van der Waals surface area contributed by atoms with Gasteiger partial charge < -0.3 is 42.9 Å². The standard InChI is InChI=1S/C47H44N4O11/c1-29-3-4-30-22-35-25-39(46(55)61-41(35)26-34(30)21-29)43(52)49-28-36-8-7-33(27-48-36)44(53)50-11-13-51(14-12-50)45(54)40-24-32-6-5-31-23-37(9-10-38(31)42(32)62-47(40)56)60-20-19-59-18-17-58-16-15-57-2/h3-10,21-27H,11-20,28H2,1-2H3,(H,49,52). The molecule has 0 atom stereocenters. The molecule has 318 valence electrons. The molecular formula is C47H44N4O11. The first-order valence-electron chi connectivity index (χ1n) is 20.2. The van der Waals surface area contributed by atoms with E-state index in [1.807, 2.05) is 49.4 Å². The number of aryl methyl sites for hydroxylation is 1. The van der Waals surface area contributed by atoms with Crippen molar-refractivity contribution in [2.75, 3.05) is 72.9 Å². The average Bonchev–Trinajstić information content (AvgIpc) is 3.28. The first-order chi connectivity index (χ1) is 30.1. The predicted molar refractivity (Wildman–Crippen MR) is 231 cm³/mol. The zero-order chi connectivity index (χ0) is 43.2. The number of carbonyl (C=O) groups is 3. The van der Waals surface area contributed by atoms with E-state index in [1.54, 1.807) is 48.4 Å². The van der Waals surface area contributed by atoms with E-state index in [-0.39, 0.29) is 49.8 Å². The smallest absolute Gasteiger partial charge is 0.349 e. The van der Waals surface area contributed by atoms with Gasteiger partial charge in [0.05, 0.1) is 50.8 Å². The van der Waals surface area contributed by atoms with Gasteiger partial charge in [-0.3, -0.25) is 19.4 Å². The zero-order valence-corrected chi connectivity index (χ0v) is 34.3. The van der Waals surface area contributed by atoms with Gasteiger partial charge in [-0.1, -0.05) is 35.9 Å². The largest absolute Gasteiger partial charge is 0.491 e. The molecule has 7 aromatic rings. The molecule has 1 fully saturated rings. The monoisotopic (exact) mass is 840 g/mol. The SMILES string of the molecule is COCCOCCOCCOc1ccc2c(ccc3cc(C(=O)N4CCN(C(=O)c5ccc(CNC(=O)c6cc7cc8ccc(C)cc8cc7oc6=O)nc5)CC4)c(=O)oc32)c1. The van der Waals surface area contributed by atoms with Crippen LogP contribution in [0.25, 0.3) is 43.5 Å². The van der Waals surface area contributed by atoms with Crippen molar-refractivity contribution in [2.24, 2.45) is 0 Å². The summed E-state index contributed by atoms with van der Waals surface area (Å²) in [6.45, 7) is 5.65. The van der Waals surface area contributed by atoms with Crippen LogP contribution >= 0.6 is 0 Å². The van der Waals surface area contributed by atoms with Crippen LogP contribution in [0.4, 0.5) is 0 Å². The summed E-state index contributed by atoms with van der Waals surface area (Å²) in [5, 5.41) is 7.34. The Bertz CT molecular complexity index is 2920. The molecule has 1 N–H and O–H groups in total. The van der Waals surface area contributed by atoms with Gasteiger partial charge in [-0.05, 0) is 77.7 Å². The topological polar surface area (TPSA) is 180 Å². The minimum Gasteiger partial charge on any atom is -0.491 e. The predicted octanol–water partition coefficient (Wildman–Crippen LogP) is 5.50. The van der Waals surface area contributed by atoms with E-state index in [0.29, 0.717) is 84.0 Å². The van der Waals surface area contributed by atoms with Gasteiger partial charge in [-0.15, -0.1) is 0 Å². The molecule has 4 heterocycles. The first-order valence-corrected chi connectivity index (χ1v) is 20.2. The highest BCUT2D eigenvalue weighted by atomic mass is 16.6. The highest BCUT2D eigenvalue weighted by Crippen LogP contribution is 2.29. The number of fused-ring (bicyclic) bond motifs is 5. The Morgan fingerprint density at radius 3 is 2.11 bits per heavy atom. The second kappa shape index (κ2) is 18.8. The summed E-state index contributed by atoms with van der Waals surface area (Å²) in [5.74, 6) is -0.713. The molecule has 0 unspecified atom stereocenters. The average molecular weight is 841 g/mol. The Balaban J connectivity index is 0.828. The molecule has 0 spiro atoms. The molecule has 15 nitrogen and oxygen atoms in total. The Kier molecular flexibility index (Phi) is 12.6. The maximum absolute atomic E-state index is 13.6. The summed E-state index contributed by atoms with van der Waals surface area (Å²) in [6.07, 6.45) is 1.43. The fraction of sp³-hybridized carbons (Fsp3) is 0.277. The molecule has 62 heavy (non-hydrogen) atoms. The molecule has 0 radical (unpaired) electrons. The van der Waals surface area contributed by atoms with Crippen LogP contribution in [0, 0.1) is 6.92 Å². The lowest BCUT2D eigenvalue weighted by molar-refractivity contribution is 0.0180. The van der Waals surface area contributed by atoms with E-state index < -0.39 is 23.1 Å². The molecule has 0 aliphatic carbocycles. The van der Waals surface area contributed by atoms with E-state index in [4.69, 9.17) is 27.8 Å². The van der Waals surface area contributed by atoms with Gasteiger partial charge >= 0.3 is 11.3 Å². The number of benzene rings is 4. The third-order valence-electron chi connectivity index (χ3n) is 10.7. The van der Waals surface area contributed by atoms with Gasteiger partial charge in [0.15, 0.2) is 0 Å². The van der Waals surface area contributed by atoms with Crippen molar-refractivity contribution >= 4 is 61.2 Å². The highest BCUT2D eigenvalue weighted by molar-refractivity contribution is 6.06. The molecule has 8 rings (SSSR count). The maximum atomic E-state index is 13.6. The van der Waals surface area contributed by atoms with E-state index in [0.717, 1.165) is 21.7 Å². The van der Waals surface area contributed by atoms with E-state index in [1.165, 1.54) is 17.2 Å². The minimum absolute atomic E-state index is 0.0156. The van der Waals surface area contributed by atoms with Crippen LogP contribution in [0.1, 0.15) is 42.3 Å². The second-order valence-electron chi connectivity index (χ2n) is 14.9. The molecule has 0 saturated carbocycles. The van der Waals surface area contributed by atoms with Crippen molar-refractivity contribution in [1.82, 2.24) is 20.1 Å². The van der Waals surface area contributed by atoms with Crippen LogP contribution < -0.4 is 21.3 Å². The highest BCUT2D eigenvalue weighted by Gasteiger charge is 2.28. The van der Waals surface area contributed by atoms with Gasteiger partial charge in [-0.25, -0.2) is 9.59 Å². The van der Waals surface area contributed by atoms with Crippen LogP contribution in [-0.4, -0.2) is 105 Å². The molecule has 1 saturated heterocycles. The van der Waals surface area contributed by atoms with Crippen LogP contribution in [0.5, 0.6) is 5.75 Å². The lowest BCUT2D eigenvalue weighted by atomic mass is 10.0. The fourth-order valence-electron chi connectivity index (χ4n) is 7.34. The van der Waals surface area contributed by atoms with Crippen LogP contribution in [0.2, 0.25) is 0 Å². The number of hydrogen-bond donors (Lipinski definition) is 1. The lowest BCUT2D eigenvalue weighted by Crippen LogP contribution is -2.51. The molecule has 15 heteroatoms. The van der Waals surface area contributed by atoms with Crippen molar-refractivity contribution in [3.8, 4) is 5.75 Å². The number of amides is 3. The molecule has 1 aliphatic rings. The summed E-state index contributed by atoms with van der Waals surface area (Å²) in [5.41, 5.74) is 0.950. The number of rotatable bonds is 15. The van der Waals surface area contributed by atoms with Gasteiger partial charge in [0, 0.05) is 55.6 Å². The van der Waals surface area contributed by atoms with Gasteiger partial charge in [0.1, 0.15) is 34.6 Å². The van der Waals surface area contributed by atoms with Crippen molar-refractivity contribution < 1.29 is 42.2 Å². The maximum Gasteiger partial charge on any atom is 0.349 e. The molecule has 0 bridgehead atoms. The summed E-state index contributed by atoms with van der Waals surface area (Å²) < 4.78 is 32.9. The van der Waals surface area contributed by atoms with Crippen molar-refractivity contribution in [1.29, 1.82) is 0 Å². The van der Waals surface area contributed by atoms with Gasteiger partial charge in [0.2, 0.25) is 0 Å².